The van der Waals surface area contributed by atoms with Crippen molar-refractivity contribution in [3.63, 3.8) is 0 Å². The van der Waals surface area contributed by atoms with Gasteiger partial charge in [0.15, 0.2) is 5.82 Å². The number of rotatable bonds is 4. The summed E-state index contributed by atoms with van der Waals surface area (Å²) in [5.41, 5.74) is 2.88. The lowest BCUT2D eigenvalue weighted by Crippen LogP contribution is -2.27. The van der Waals surface area contributed by atoms with Crippen molar-refractivity contribution < 1.29 is 4.79 Å². The molecule has 2 aromatic heterocycles. The highest BCUT2D eigenvalue weighted by Gasteiger charge is 2.39. The number of carbonyl (C=O) groups excluding carboxylic acids is 1. The molecule has 1 unspecified atom stereocenters. The maximum absolute atomic E-state index is 12.1. The number of thiazole rings is 1. The first-order valence-electron chi connectivity index (χ1n) is 7.43. The Morgan fingerprint density at radius 3 is 2.95 bits per heavy atom. The number of nitrogens with zero attached hydrogens (tertiary/aromatic N) is 4. The predicted octanol–water partition coefficient (Wildman–Crippen LogP) is 2.33. The smallest absolute Gasteiger partial charge is 0.223 e. The summed E-state index contributed by atoms with van der Waals surface area (Å²) >= 11 is 1.62. The second-order valence-electron chi connectivity index (χ2n) is 6.02. The van der Waals surface area contributed by atoms with Crippen LogP contribution in [-0.4, -0.2) is 37.9 Å². The molecule has 6 heteroatoms. The highest BCUT2D eigenvalue weighted by Crippen LogP contribution is 2.34. The van der Waals surface area contributed by atoms with Crippen molar-refractivity contribution in [2.45, 2.75) is 38.8 Å². The summed E-state index contributed by atoms with van der Waals surface area (Å²) in [5.74, 6) is 1.71. The number of aromatic nitrogens is 3. The van der Waals surface area contributed by atoms with Crippen LogP contribution in [0, 0.1) is 12.8 Å². The molecule has 1 aliphatic carbocycles. The van der Waals surface area contributed by atoms with E-state index in [0.29, 0.717) is 24.3 Å². The number of hydrogen-bond donors (Lipinski definition) is 0. The van der Waals surface area contributed by atoms with Gasteiger partial charge in [0.2, 0.25) is 5.91 Å². The number of imidazole rings is 1. The van der Waals surface area contributed by atoms with Crippen molar-refractivity contribution >= 4 is 17.2 Å². The van der Waals surface area contributed by atoms with Crippen molar-refractivity contribution in [1.82, 2.24) is 19.4 Å². The molecule has 1 atom stereocenters. The Morgan fingerprint density at radius 1 is 1.38 bits per heavy atom. The van der Waals surface area contributed by atoms with Crippen LogP contribution >= 0.6 is 11.3 Å². The van der Waals surface area contributed by atoms with E-state index in [1.165, 1.54) is 12.8 Å². The minimum Gasteiger partial charge on any atom is -0.339 e. The third-order valence-corrected chi connectivity index (χ3v) is 5.27. The second-order valence-corrected chi connectivity index (χ2v) is 6.87. The number of amides is 1. The van der Waals surface area contributed by atoms with Gasteiger partial charge in [-0.15, -0.1) is 11.3 Å². The largest absolute Gasteiger partial charge is 0.339 e. The van der Waals surface area contributed by atoms with Crippen molar-refractivity contribution in [3.05, 3.63) is 23.6 Å². The molecule has 1 amide bonds. The van der Waals surface area contributed by atoms with Gasteiger partial charge in [-0.1, -0.05) is 0 Å². The zero-order valence-electron chi connectivity index (χ0n) is 12.0. The molecule has 2 fully saturated rings. The molecule has 110 valence electrons. The van der Waals surface area contributed by atoms with Gasteiger partial charge in [-0.2, -0.15) is 0 Å². The van der Waals surface area contributed by atoms with E-state index in [4.69, 9.17) is 0 Å². The topological polar surface area (TPSA) is 51.0 Å². The molecule has 1 saturated carbocycles. The monoisotopic (exact) mass is 302 g/mol. The number of likely N-dealkylation sites (tertiary alicyclic amines) is 1. The van der Waals surface area contributed by atoms with Gasteiger partial charge in [-0.3, -0.25) is 4.79 Å². The lowest BCUT2D eigenvalue weighted by Gasteiger charge is -2.16. The predicted molar refractivity (Wildman–Crippen MR) is 80.9 cm³/mol. The molecular weight excluding hydrogens is 284 g/mol. The highest BCUT2D eigenvalue weighted by molar-refractivity contribution is 7.13. The van der Waals surface area contributed by atoms with Gasteiger partial charge >= 0.3 is 0 Å². The SMILES string of the molecule is Cc1ncsc1-c1nccn1CC1CC(=O)N(C2CC2)C1. The number of aryl methyl sites for hydroxylation is 1. The molecule has 0 N–H and O–H groups in total. The summed E-state index contributed by atoms with van der Waals surface area (Å²) < 4.78 is 2.18. The van der Waals surface area contributed by atoms with E-state index in [2.05, 4.69) is 19.4 Å². The zero-order valence-corrected chi connectivity index (χ0v) is 12.8. The van der Waals surface area contributed by atoms with E-state index in [1.807, 2.05) is 24.8 Å². The normalized spacial score (nSPS) is 22.2. The summed E-state index contributed by atoms with van der Waals surface area (Å²) in [7, 11) is 0. The molecule has 0 bridgehead atoms. The third kappa shape index (κ3) is 2.37. The van der Waals surface area contributed by atoms with E-state index in [0.717, 1.165) is 29.5 Å². The number of carbonyl (C=O) groups is 1. The summed E-state index contributed by atoms with van der Waals surface area (Å²) in [6.07, 6.45) is 6.90. The van der Waals surface area contributed by atoms with Crippen molar-refractivity contribution in [3.8, 4) is 10.7 Å². The molecule has 2 aliphatic rings. The van der Waals surface area contributed by atoms with Crippen LogP contribution in [-0.2, 0) is 11.3 Å². The fourth-order valence-corrected chi connectivity index (χ4v) is 3.95. The molecule has 4 rings (SSSR count). The first kappa shape index (κ1) is 13.0. The molecule has 1 aliphatic heterocycles. The molecule has 2 aromatic rings. The highest BCUT2D eigenvalue weighted by atomic mass is 32.1. The summed E-state index contributed by atoms with van der Waals surface area (Å²) in [6, 6.07) is 0.536. The van der Waals surface area contributed by atoms with Crippen molar-refractivity contribution in [1.29, 1.82) is 0 Å². The first-order valence-corrected chi connectivity index (χ1v) is 8.31. The van der Waals surface area contributed by atoms with Crippen LogP contribution < -0.4 is 0 Å². The lowest BCUT2D eigenvalue weighted by atomic mass is 10.1. The van der Waals surface area contributed by atoms with Crippen molar-refractivity contribution in [2.75, 3.05) is 6.54 Å². The maximum atomic E-state index is 12.1. The van der Waals surface area contributed by atoms with E-state index in [9.17, 15) is 4.79 Å². The summed E-state index contributed by atoms with van der Waals surface area (Å²) in [4.78, 5) is 24.1. The van der Waals surface area contributed by atoms with E-state index in [1.54, 1.807) is 11.3 Å². The Morgan fingerprint density at radius 2 is 2.24 bits per heavy atom. The lowest BCUT2D eigenvalue weighted by molar-refractivity contribution is -0.128. The maximum Gasteiger partial charge on any atom is 0.223 e. The first-order chi connectivity index (χ1) is 10.2. The van der Waals surface area contributed by atoms with E-state index < -0.39 is 0 Å². The Hall–Kier alpha value is -1.69. The average molecular weight is 302 g/mol. The van der Waals surface area contributed by atoms with Gasteiger partial charge in [0.05, 0.1) is 16.1 Å². The van der Waals surface area contributed by atoms with Gasteiger partial charge in [-0.25, -0.2) is 9.97 Å². The van der Waals surface area contributed by atoms with Gasteiger partial charge in [0, 0.05) is 43.9 Å². The zero-order chi connectivity index (χ0) is 14.4. The quantitative estimate of drug-likeness (QED) is 0.871. The Labute approximate surface area is 127 Å². The molecule has 0 spiro atoms. The van der Waals surface area contributed by atoms with E-state index >= 15 is 0 Å². The van der Waals surface area contributed by atoms with Crippen LogP contribution in [0.15, 0.2) is 17.9 Å². The fraction of sp³-hybridized carbons (Fsp3) is 0.533. The second kappa shape index (κ2) is 4.94. The standard InChI is InChI=1S/C15H18N4OS/c1-10-14(21-9-17-10)15-16-4-5-18(15)7-11-6-13(20)19(8-11)12-2-3-12/h4-5,9,11-12H,2-3,6-8H2,1H3. The number of hydrogen-bond acceptors (Lipinski definition) is 4. The van der Waals surface area contributed by atoms with Gasteiger partial charge in [0.1, 0.15) is 0 Å². The van der Waals surface area contributed by atoms with Crippen LogP contribution in [0.4, 0.5) is 0 Å². The molecule has 1 saturated heterocycles. The van der Waals surface area contributed by atoms with Gasteiger partial charge < -0.3 is 9.47 Å². The third-order valence-electron chi connectivity index (χ3n) is 4.35. The van der Waals surface area contributed by atoms with Gasteiger partial charge in [0.25, 0.3) is 0 Å². The van der Waals surface area contributed by atoms with Crippen LogP contribution in [0.5, 0.6) is 0 Å². The molecular formula is C15H18N4OS. The molecule has 21 heavy (non-hydrogen) atoms. The summed E-state index contributed by atoms with van der Waals surface area (Å²) in [5, 5.41) is 0. The van der Waals surface area contributed by atoms with Crippen molar-refractivity contribution in [2.24, 2.45) is 5.92 Å². The molecule has 0 radical (unpaired) electrons. The molecule has 3 heterocycles. The van der Waals surface area contributed by atoms with Gasteiger partial charge in [-0.05, 0) is 19.8 Å². The van der Waals surface area contributed by atoms with Crippen LogP contribution in [0.1, 0.15) is 25.0 Å². The fourth-order valence-electron chi connectivity index (χ4n) is 3.13. The Bertz CT molecular complexity index is 673. The van der Waals surface area contributed by atoms with Crippen LogP contribution in [0.3, 0.4) is 0 Å². The Kier molecular flexibility index (Phi) is 3.06. The van der Waals surface area contributed by atoms with Crippen LogP contribution in [0.25, 0.3) is 10.7 Å². The molecule has 0 aromatic carbocycles. The minimum atomic E-state index is 0.332. The van der Waals surface area contributed by atoms with Crippen LogP contribution in [0.2, 0.25) is 0 Å². The average Bonchev–Trinajstić information content (AvgIpc) is 2.86. The summed E-state index contributed by atoms with van der Waals surface area (Å²) in [6.45, 7) is 3.78. The van der Waals surface area contributed by atoms with E-state index in [-0.39, 0.29) is 0 Å². The Balaban J connectivity index is 1.52. The minimum absolute atomic E-state index is 0.332. The molecule has 5 nitrogen and oxygen atoms in total.